The van der Waals surface area contributed by atoms with Crippen molar-refractivity contribution in [3.05, 3.63) is 0 Å². The Morgan fingerprint density at radius 2 is 0.631 bits per heavy atom. The average Bonchev–Trinajstić information content (AvgIpc) is 3.31. The molecule has 1 amide bonds. The third-order valence-electron chi connectivity index (χ3n) is 14.2. The number of amides is 1. The Bertz CT molecular complexity index is 928. The van der Waals surface area contributed by atoms with Gasteiger partial charge in [0.25, 0.3) is 0 Å². The van der Waals surface area contributed by atoms with E-state index in [4.69, 9.17) is 4.74 Å². The summed E-state index contributed by atoms with van der Waals surface area (Å²) in [7, 11) is 0. The zero-order valence-corrected chi connectivity index (χ0v) is 44.3. The van der Waals surface area contributed by atoms with Gasteiger partial charge in [0.05, 0.1) is 25.4 Å². The molecule has 0 aromatic rings. The maximum atomic E-state index is 12.5. The Balaban J connectivity index is 3.44. The number of hydrogen-bond acceptors (Lipinski definition) is 5. The molecule has 6 nitrogen and oxygen atoms in total. The highest BCUT2D eigenvalue weighted by Gasteiger charge is 2.20. The van der Waals surface area contributed by atoms with Crippen molar-refractivity contribution in [3.63, 3.8) is 0 Å². The van der Waals surface area contributed by atoms with Gasteiger partial charge in [-0.25, -0.2) is 0 Å². The van der Waals surface area contributed by atoms with Crippen LogP contribution in [0.4, 0.5) is 0 Å². The minimum absolute atomic E-state index is 0.0148. The van der Waals surface area contributed by atoms with Crippen LogP contribution in [-0.4, -0.2) is 47.4 Å². The third kappa shape index (κ3) is 52.1. The smallest absolute Gasteiger partial charge is 0.305 e. The van der Waals surface area contributed by atoms with E-state index in [0.717, 1.165) is 57.8 Å². The van der Waals surface area contributed by atoms with Gasteiger partial charge in [-0.05, 0) is 25.7 Å². The Kier molecular flexibility index (Phi) is 54.5. The molecule has 0 saturated carbocycles. The Hall–Kier alpha value is -1.14. The molecule has 0 aliphatic heterocycles. The molecule has 3 N–H and O–H groups in total. The van der Waals surface area contributed by atoms with Gasteiger partial charge in [0, 0.05) is 12.8 Å². The molecule has 2 unspecified atom stereocenters. The zero-order valence-electron chi connectivity index (χ0n) is 44.3. The van der Waals surface area contributed by atoms with Crippen LogP contribution in [-0.2, 0) is 14.3 Å². The van der Waals surface area contributed by atoms with Crippen LogP contribution in [0, 0.1) is 0 Å². The van der Waals surface area contributed by atoms with Crippen molar-refractivity contribution in [2.75, 3.05) is 13.2 Å². The summed E-state index contributed by atoms with van der Waals surface area (Å²) in [5, 5.41) is 23.3. The van der Waals surface area contributed by atoms with Gasteiger partial charge < -0.3 is 20.3 Å². The number of ether oxygens (including phenoxy) is 1. The maximum absolute atomic E-state index is 12.5. The van der Waals surface area contributed by atoms with E-state index in [1.807, 2.05) is 0 Å². The summed E-state index contributed by atoms with van der Waals surface area (Å²) in [6.07, 6.45) is 63.8. The van der Waals surface area contributed by atoms with E-state index in [1.54, 1.807) is 0 Å². The van der Waals surface area contributed by atoms with E-state index in [2.05, 4.69) is 19.2 Å². The lowest BCUT2D eigenvalue weighted by Crippen LogP contribution is -2.45. The van der Waals surface area contributed by atoms with E-state index in [0.29, 0.717) is 25.9 Å². The number of carbonyl (C=O) groups excluding carboxylic acids is 2. The van der Waals surface area contributed by atoms with Crippen LogP contribution in [0.5, 0.6) is 0 Å². The summed E-state index contributed by atoms with van der Waals surface area (Å²) in [6, 6.07) is -0.558. The number of aliphatic hydroxyl groups is 2. The Labute approximate surface area is 406 Å². The van der Waals surface area contributed by atoms with Gasteiger partial charge in [-0.1, -0.05) is 303 Å². The minimum Gasteiger partial charge on any atom is -0.466 e. The number of nitrogens with one attached hydrogen (secondary N) is 1. The largest absolute Gasteiger partial charge is 0.466 e. The van der Waals surface area contributed by atoms with Crippen molar-refractivity contribution in [3.8, 4) is 0 Å². The first-order valence-electron chi connectivity index (χ1n) is 29.8. The first-order chi connectivity index (χ1) is 32.0. The maximum Gasteiger partial charge on any atom is 0.305 e. The Morgan fingerprint density at radius 3 is 0.938 bits per heavy atom. The summed E-state index contributed by atoms with van der Waals surface area (Å²) >= 11 is 0. The number of unbranched alkanes of at least 4 members (excludes halogenated alkanes) is 45. The molecule has 0 rings (SSSR count). The van der Waals surface area contributed by atoms with Crippen molar-refractivity contribution < 1.29 is 24.5 Å². The lowest BCUT2D eigenvalue weighted by atomic mass is 10.0. The van der Waals surface area contributed by atoms with E-state index in [-0.39, 0.29) is 18.5 Å². The number of esters is 1. The lowest BCUT2D eigenvalue weighted by molar-refractivity contribution is -0.143. The van der Waals surface area contributed by atoms with Gasteiger partial charge in [0.15, 0.2) is 0 Å². The molecule has 0 spiro atoms. The van der Waals surface area contributed by atoms with Crippen molar-refractivity contribution >= 4 is 11.9 Å². The molecule has 6 heteroatoms. The Morgan fingerprint density at radius 1 is 0.369 bits per heavy atom. The highest BCUT2D eigenvalue weighted by atomic mass is 16.5. The average molecular weight is 921 g/mol. The van der Waals surface area contributed by atoms with E-state index < -0.39 is 12.1 Å². The molecule has 0 aliphatic carbocycles. The molecule has 0 aromatic heterocycles. The predicted octanol–water partition coefficient (Wildman–Crippen LogP) is 18.3. The van der Waals surface area contributed by atoms with Gasteiger partial charge in [0.1, 0.15) is 0 Å². The summed E-state index contributed by atoms with van der Waals surface area (Å²) in [5.74, 6) is -0.0674. The van der Waals surface area contributed by atoms with Gasteiger partial charge in [0.2, 0.25) is 5.91 Å². The fraction of sp³-hybridized carbons (Fsp3) is 0.966. The highest BCUT2D eigenvalue weighted by molar-refractivity contribution is 5.76. The molecule has 0 saturated heterocycles. The van der Waals surface area contributed by atoms with Crippen LogP contribution in [0.15, 0.2) is 0 Å². The molecule has 2 atom stereocenters. The molecular weight excluding hydrogens is 803 g/mol. The molecular formula is C59H117NO5. The summed E-state index contributed by atoms with van der Waals surface area (Å²) in [6.45, 7) is 4.94. The quantitative estimate of drug-likeness (QED) is 0.0417. The second-order valence-electron chi connectivity index (χ2n) is 20.7. The second-order valence-corrected chi connectivity index (χ2v) is 20.7. The minimum atomic E-state index is -0.678. The van der Waals surface area contributed by atoms with Crippen LogP contribution < -0.4 is 5.32 Å². The van der Waals surface area contributed by atoms with Crippen LogP contribution in [0.3, 0.4) is 0 Å². The third-order valence-corrected chi connectivity index (χ3v) is 14.2. The summed E-state index contributed by atoms with van der Waals surface area (Å²) in [5.41, 5.74) is 0. The molecule has 0 aliphatic rings. The number of carbonyl (C=O) groups is 2. The first kappa shape index (κ1) is 63.9. The fourth-order valence-electron chi connectivity index (χ4n) is 9.58. The van der Waals surface area contributed by atoms with Crippen LogP contribution in [0.25, 0.3) is 0 Å². The van der Waals surface area contributed by atoms with Crippen molar-refractivity contribution in [2.45, 2.75) is 353 Å². The molecule has 388 valence electrons. The van der Waals surface area contributed by atoms with Crippen molar-refractivity contribution in [1.82, 2.24) is 5.32 Å². The van der Waals surface area contributed by atoms with E-state index >= 15 is 0 Å². The molecule has 0 fully saturated rings. The van der Waals surface area contributed by atoms with Crippen molar-refractivity contribution in [2.24, 2.45) is 0 Å². The van der Waals surface area contributed by atoms with Gasteiger partial charge >= 0.3 is 5.97 Å². The number of hydrogen-bond donors (Lipinski definition) is 3. The first-order valence-corrected chi connectivity index (χ1v) is 29.8. The predicted molar refractivity (Wildman–Crippen MR) is 283 cm³/mol. The van der Waals surface area contributed by atoms with Crippen LogP contribution in [0.1, 0.15) is 341 Å². The second kappa shape index (κ2) is 55.5. The molecule has 65 heavy (non-hydrogen) atoms. The summed E-state index contributed by atoms with van der Waals surface area (Å²) in [4.78, 5) is 24.6. The standard InChI is InChI=1S/C59H117NO5/c1-3-5-7-9-11-13-15-17-19-20-21-22-23-24-25-26-27-28-29-31-35-39-43-47-51-57(62)56(55-61)60-58(63)52-48-44-40-36-33-34-38-42-46-50-54-65-59(64)53-49-45-41-37-32-30-18-16-14-12-10-8-6-4-2/h56-57,61-62H,3-55H2,1-2H3,(H,60,63). The molecule has 0 bridgehead atoms. The van der Waals surface area contributed by atoms with Gasteiger partial charge in [-0.15, -0.1) is 0 Å². The fourth-order valence-corrected chi connectivity index (χ4v) is 9.58. The highest BCUT2D eigenvalue weighted by Crippen LogP contribution is 2.18. The molecule has 0 aromatic carbocycles. The molecule has 0 radical (unpaired) electrons. The monoisotopic (exact) mass is 920 g/mol. The summed E-state index contributed by atoms with van der Waals surface area (Å²) < 4.78 is 5.47. The lowest BCUT2D eigenvalue weighted by Gasteiger charge is -2.22. The van der Waals surface area contributed by atoms with Gasteiger partial charge in [-0.3, -0.25) is 9.59 Å². The van der Waals surface area contributed by atoms with E-state index in [1.165, 1.54) is 250 Å². The van der Waals surface area contributed by atoms with E-state index in [9.17, 15) is 19.8 Å². The van der Waals surface area contributed by atoms with Crippen molar-refractivity contribution in [1.29, 1.82) is 0 Å². The van der Waals surface area contributed by atoms with Gasteiger partial charge in [-0.2, -0.15) is 0 Å². The normalized spacial score (nSPS) is 12.5. The number of rotatable bonds is 56. The SMILES string of the molecule is CCCCCCCCCCCCCCCCCCCCCCCCCCC(O)C(CO)NC(=O)CCCCCCCCCCCCOC(=O)CCCCCCCCCCCCCCCC. The van der Waals surface area contributed by atoms with Crippen LogP contribution in [0.2, 0.25) is 0 Å². The molecule has 0 heterocycles. The number of aliphatic hydroxyl groups excluding tert-OH is 2. The zero-order chi connectivity index (χ0) is 47.2. The van der Waals surface area contributed by atoms with Crippen LogP contribution >= 0.6 is 0 Å². The topological polar surface area (TPSA) is 95.9 Å².